The summed E-state index contributed by atoms with van der Waals surface area (Å²) in [6.45, 7) is 10.8. The molecule has 148 valence electrons. The molecule has 5 heteroatoms. The summed E-state index contributed by atoms with van der Waals surface area (Å²) in [5.41, 5.74) is 3.25. The third-order valence-electron chi connectivity index (χ3n) is 4.89. The van der Waals surface area contributed by atoms with Gasteiger partial charge >= 0.3 is 0 Å². The number of carbonyl (C=O) groups excluding carboxylic acids is 1. The summed E-state index contributed by atoms with van der Waals surface area (Å²) in [6.07, 6.45) is 1.10. The van der Waals surface area contributed by atoms with Gasteiger partial charge in [0.1, 0.15) is 5.75 Å². The largest absolute Gasteiger partial charge is 0.483 e. The first-order valence-corrected chi connectivity index (χ1v) is 10.5. The number of aromatic nitrogens is 1. The topological polar surface area (TPSA) is 51.2 Å². The highest BCUT2D eigenvalue weighted by molar-refractivity contribution is 7.22. The summed E-state index contributed by atoms with van der Waals surface area (Å²) >= 11 is 1.50. The first-order chi connectivity index (χ1) is 13.3. The Labute approximate surface area is 171 Å². The quantitative estimate of drug-likeness (QED) is 0.546. The summed E-state index contributed by atoms with van der Waals surface area (Å²) in [5, 5.41) is 3.47. The van der Waals surface area contributed by atoms with Crippen molar-refractivity contribution in [2.45, 2.75) is 52.4 Å². The highest BCUT2D eigenvalue weighted by Crippen LogP contribution is 2.32. The van der Waals surface area contributed by atoms with Gasteiger partial charge in [0, 0.05) is 0 Å². The molecule has 0 aliphatic carbocycles. The molecule has 0 radical (unpaired) electrons. The second-order valence-electron chi connectivity index (χ2n) is 8.14. The highest BCUT2D eigenvalue weighted by atomic mass is 32.1. The zero-order chi connectivity index (χ0) is 20.3. The molecule has 0 saturated heterocycles. The van der Waals surface area contributed by atoms with Gasteiger partial charge in [0.15, 0.2) is 11.7 Å². The highest BCUT2D eigenvalue weighted by Gasteiger charge is 2.19. The predicted molar refractivity (Wildman–Crippen MR) is 118 cm³/mol. The zero-order valence-electron chi connectivity index (χ0n) is 17.2. The molecule has 1 amide bonds. The number of para-hydroxylation sites is 1. The predicted octanol–water partition coefficient (Wildman–Crippen LogP) is 6.12. The molecule has 1 atom stereocenters. The standard InChI is InChI=1S/C23H28N2O2S/c1-6-15(2)16-11-12-18-20(13-16)28-22(24-18)25-21(26)14-27-19-10-8-7-9-17(19)23(3,4)5/h7-13,15H,6,14H2,1-5H3,(H,24,25,26). The van der Waals surface area contributed by atoms with Crippen molar-refractivity contribution in [3.63, 3.8) is 0 Å². The first-order valence-electron chi connectivity index (χ1n) is 9.70. The van der Waals surface area contributed by atoms with E-state index in [-0.39, 0.29) is 17.9 Å². The Morgan fingerprint density at radius 3 is 2.68 bits per heavy atom. The number of rotatable bonds is 6. The zero-order valence-corrected chi connectivity index (χ0v) is 18.0. The Hall–Kier alpha value is -2.40. The summed E-state index contributed by atoms with van der Waals surface area (Å²) in [5.74, 6) is 1.05. The van der Waals surface area contributed by atoms with E-state index in [2.05, 4.69) is 57.1 Å². The molecule has 0 saturated carbocycles. The molecule has 0 spiro atoms. The normalized spacial score (nSPS) is 12.8. The number of amides is 1. The van der Waals surface area contributed by atoms with Gasteiger partial charge in [0.2, 0.25) is 0 Å². The molecule has 0 aliphatic heterocycles. The molecule has 3 rings (SSSR count). The molecule has 1 heterocycles. The number of benzene rings is 2. The van der Waals surface area contributed by atoms with Crippen LogP contribution >= 0.6 is 11.3 Å². The maximum Gasteiger partial charge on any atom is 0.264 e. The molecule has 2 aromatic carbocycles. The smallest absolute Gasteiger partial charge is 0.264 e. The van der Waals surface area contributed by atoms with Gasteiger partial charge in [-0.3, -0.25) is 10.1 Å². The first kappa shape index (κ1) is 20.3. The van der Waals surface area contributed by atoms with Gasteiger partial charge in [-0.1, -0.05) is 70.2 Å². The Balaban J connectivity index is 1.67. The second-order valence-corrected chi connectivity index (χ2v) is 9.17. The SMILES string of the molecule is CCC(C)c1ccc2nc(NC(=O)COc3ccccc3C(C)(C)C)sc2c1. The fraction of sp³-hybridized carbons (Fsp3) is 0.391. The van der Waals surface area contributed by atoms with Crippen molar-refractivity contribution in [3.05, 3.63) is 53.6 Å². The third-order valence-corrected chi connectivity index (χ3v) is 5.83. The van der Waals surface area contributed by atoms with E-state index in [0.717, 1.165) is 28.0 Å². The fourth-order valence-corrected chi connectivity index (χ4v) is 3.98. The minimum atomic E-state index is -0.204. The van der Waals surface area contributed by atoms with Crippen molar-refractivity contribution >= 4 is 32.6 Å². The Kier molecular flexibility index (Phi) is 6.04. The summed E-state index contributed by atoms with van der Waals surface area (Å²) < 4.78 is 6.89. The lowest BCUT2D eigenvalue weighted by Crippen LogP contribution is -2.21. The molecule has 28 heavy (non-hydrogen) atoms. The van der Waals surface area contributed by atoms with E-state index in [0.29, 0.717) is 11.0 Å². The lowest BCUT2D eigenvalue weighted by Gasteiger charge is -2.22. The summed E-state index contributed by atoms with van der Waals surface area (Å²) in [6, 6.07) is 14.2. The van der Waals surface area contributed by atoms with Gasteiger partial charge in [0.05, 0.1) is 10.2 Å². The van der Waals surface area contributed by atoms with Crippen LogP contribution in [-0.2, 0) is 10.2 Å². The molecule has 1 aromatic heterocycles. The Morgan fingerprint density at radius 1 is 1.21 bits per heavy atom. The number of nitrogens with one attached hydrogen (secondary N) is 1. The van der Waals surface area contributed by atoms with Crippen LogP contribution in [0.25, 0.3) is 10.2 Å². The average molecular weight is 397 g/mol. The van der Waals surface area contributed by atoms with E-state index in [1.165, 1.54) is 16.9 Å². The van der Waals surface area contributed by atoms with E-state index in [4.69, 9.17) is 4.74 Å². The van der Waals surface area contributed by atoms with Crippen molar-refractivity contribution in [1.29, 1.82) is 0 Å². The number of nitrogens with zero attached hydrogens (tertiary/aromatic N) is 1. The van der Waals surface area contributed by atoms with Crippen LogP contribution in [-0.4, -0.2) is 17.5 Å². The number of thiazole rings is 1. The van der Waals surface area contributed by atoms with E-state index >= 15 is 0 Å². The molecule has 1 unspecified atom stereocenters. The molecule has 0 fully saturated rings. The number of fused-ring (bicyclic) bond motifs is 1. The Bertz CT molecular complexity index is 972. The number of hydrogen-bond donors (Lipinski definition) is 1. The monoisotopic (exact) mass is 396 g/mol. The summed E-state index contributed by atoms with van der Waals surface area (Å²) in [7, 11) is 0. The summed E-state index contributed by atoms with van der Waals surface area (Å²) in [4.78, 5) is 16.9. The number of anilines is 1. The third kappa shape index (κ3) is 4.71. The van der Waals surface area contributed by atoms with Crippen LogP contribution in [0, 0.1) is 0 Å². The minimum absolute atomic E-state index is 0.0405. The van der Waals surface area contributed by atoms with Gasteiger partial charge in [-0.15, -0.1) is 0 Å². The van der Waals surface area contributed by atoms with Crippen LogP contribution < -0.4 is 10.1 Å². The van der Waals surface area contributed by atoms with Crippen LogP contribution in [0.15, 0.2) is 42.5 Å². The number of hydrogen-bond acceptors (Lipinski definition) is 4. The molecule has 3 aromatic rings. The maximum absolute atomic E-state index is 12.4. The van der Waals surface area contributed by atoms with Crippen LogP contribution in [0.5, 0.6) is 5.75 Å². The van der Waals surface area contributed by atoms with Gasteiger partial charge in [-0.25, -0.2) is 4.98 Å². The van der Waals surface area contributed by atoms with Crippen molar-refractivity contribution in [2.24, 2.45) is 0 Å². The molecule has 0 bridgehead atoms. The maximum atomic E-state index is 12.4. The van der Waals surface area contributed by atoms with Crippen molar-refractivity contribution < 1.29 is 9.53 Å². The van der Waals surface area contributed by atoms with Crippen molar-refractivity contribution in [3.8, 4) is 5.75 Å². The second kappa shape index (κ2) is 8.31. The van der Waals surface area contributed by atoms with Crippen LogP contribution in [0.2, 0.25) is 0 Å². The van der Waals surface area contributed by atoms with E-state index in [1.807, 2.05) is 30.3 Å². The Morgan fingerprint density at radius 2 is 1.96 bits per heavy atom. The average Bonchev–Trinajstić information content (AvgIpc) is 3.06. The van der Waals surface area contributed by atoms with Crippen LogP contribution in [0.1, 0.15) is 58.1 Å². The van der Waals surface area contributed by atoms with Gasteiger partial charge in [0.25, 0.3) is 5.91 Å². The fourth-order valence-electron chi connectivity index (χ4n) is 3.05. The van der Waals surface area contributed by atoms with Gasteiger partial charge in [-0.05, 0) is 47.1 Å². The minimum Gasteiger partial charge on any atom is -0.483 e. The van der Waals surface area contributed by atoms with Gasteiger partial charge in [-0.2, -0.15) is 0 Å². The molecular weight excluding hydrogens is 368 g/mol. The van der Waals surface area contributed by atoms with E-state index < -0.39 is 0 Å². The van der Waals surface area contributed by atoms with E-state index in [1.54, 1.807) is 0 Å². The van der Waals surface area contributed by atoms with E-state index in [9.17, 15) is 4.79 Å². The molecule has 4 nitrogen and oxygen atoms in total. The molecular formula is C23H28N2O2S. The van der Waals surface area contributed by atoms with Crippen molar-refractivity contribution in [2.75, 3.05) is 11.9 Å². The lowest BCUT2D eigenvalue weighted by atomic mass is 9.86. The number of carbonyl (C=O) groups is 1. The van der Waals surface area contributed by atoms with Gasteiger partial charge < -0.3 is 4.74 Å². The molecule has 0 aliphatic rings. The lowest BCUT2D eigenvalue weighted by molar-refractivity contribution is -0.118. The van der Waals surface area contributed by atoms with Crippen LogP contribution in [0.3, 0.4) is 0 Å². The number of ether oxygens (including phenoxy) is 1. The molecule has 1 N–H and O–H groups in total. The van der Waals surface area contributed by atoms with Crippen LogP contribution in [0.4, 0.5) is 5.13 Å². The van der Waals surface area contributed by atoms with Crippen molar-refractivity contribution in [1.82, 2.24) is 4.98 Å².